The Morgan fingerprint density at radius 2 is 1.84 bits per heavy atom. The molecule has 0 radical (unpaired) electrons. The molecule has 1 aliphatic carbocycles. The van der Waals surface area contributed by atoms with E-state index in [0.29, 0.717) is 6.42 Å². The molecule has 2 fully saturated rings. The summed E-state index contributed by atoms with van der Waals surface area (Å²) >= 11 is 1.58. The van der Waals surface area contributed by atoms with Crippen LogP contribution in [-0.2, 0) is 14.6 Å². The van der Waals surface area contributed by atoms with E-state index in [4.69, 9.17) is 0 Å². The monoisotopic (exact) mass is 464 g/mol. The molecule has 1 aromatic heterocycles. The van der Waals surface area contributed by atoms with E-state index in [1.54, 1.807) is 23.5 Å². The van der Waals surface area contributed by atoms with Crippen LogP contribution < -0.4 is 5.32 Å². The molecular formula is C23H29FN2O3S2. The lowest BCUT2D eigenvalue weighted by Gasteiger charge is -2.38. The van der Waals surface area contributed by atoms with E-state index >= 15 is 0 Å². The number of amides is 1. The van der Waals surface area contributed by atoms with Crippen LogP contribution in [0.3, 0.4) is 0 Å². The number of nitrogens with one attached hydrogen (secondary N) is 1. The van der Waals surface area contributed by atoms with Crippen LogP contribution in [-0.4, -0.2) is 49.4 Å². The minimum absolute atomic E-state index is 0.0438. The number of sulfone groups is 1. The standard InChI is InChI=1S/C23H29FN2O3S2/c24-18-10-8-17(9-11-18)23(21-7-4-13-30-21)25-15-22(27)26(19-5-2-1-3-6-19)20-12-14-31(28,29)16-20/h4,7-11,13,19-20,23,25H,1-3,5-6,12,14-16H2. The number of rotatable bonds is 7. The highest BCUT2D eigenvalue weighted by Crippen LogP contribution is 2.29. The van der Waals surface area contributed by atoms with Crippen LogP contribution in [0.15, 0.2) is 41.8 Å². The first kappa shape index (κ1) is 22.4. The van der Waals surface area contributed by atoms with Crippen LogP contribution in [0.25, 0.3) is 0 Å². The average Bonchev–Trinajstić information content (AvgIpc) is 3.40. The minimum Gasteiger partial charge on any atom is -0.335 e. The predicted molar refractivity (Wildman–Crippen MR) is 121 cm³/mol. The van der Waals surface area contributed by atoms with Crippen molar-refractivity contribution in [2.45, 2.75) is 56.7 Å². The second-order valence-electron chi connectivity index (χ2n) is 8.53. The highest BCUT2D eigenvalue weighted by atomic mass is 32.2. The van der Waals surface area contributed by atoms with Crippen LogP contribution in [0.4, 0.5) is 4.39 Å². The smallest absolute Gasteiger partial charge is 0.237 e. The first-order valence-electron chi connectivity index (χ1n) is 11.0. The molecule has 2 aliphatic rings. The highest BCUT2D eigenvalue weighted by molar-refractivity contribution is 7.91. The second kappa shape index (κ2) is 9.79. The molecular weight excluding hydrogens is 435 g/mol. The first-order chi connectivity index (χ1) is 14.9. The summed E-state index contributed by atoms with van der Waals surface area (Å²) in [6, 6.07) is 9.95. The maximum atomic E-state index is 13.4. The zero-order valence-electron chi connectivity index (χ0n) is 17.5. The zero-order chi connectivity index (χ0) is 21.8. The van der Waals surface area contributed by atoms with Crippen LogP contribution in [0.2, 0.25) is 0 Å². The highest BCUT2D eigenvalue weighted by Gasteiger charge is 2.38. The van der Waals surface area contributed by atoms with E-state index in [1.165, 1.54) is 18.6 Å². The number of hydrogen-bond donors (Lipinski definition) is 1. The molecule has 31 heavy (non-hydrogen) atoms. The number of nitrogens with zero attached hydrogens (tertiary/aromatic N) is 1. The number of halogens is 1. The molecule has 0 spiro atoms. The molecule has 1 saturated heterocycles. The number of carbonyl (C=O) groups excluding carboxylic acids is 1. The van der Waals surface area contributed by atoms with Crippen LogP contribution in [0.1, 0.15) is 55.0 Å². The average molecular weight is 465 g/mol. The summed E-state index contributed by atoms with van der Waals surface area (Å²) in [7, 11) is -3.07. The molecule has 1 saturated carbocycles. The van der Waals surface area contributed by atoms with Crippen molar-refractivity contribution in [3.63, 3.8) is 0 Å². The Morgan fingerprint density at radius 3 is 2.45 bits per heavy atom. The van der Waals surface area contributed by atoms with Gasteiger partial charge in [0.25, 0.3) is 0 Å². The van der Waals surface area contributed by atoms with Gasteiger partial charge in [0, 0.05) is 17.0 Å². The summed E-state index contributed by atoms with van der Waals surface area (Å²) in [6.45, 7) is 0.118. The molecule has 2 unspecified atom stereocenters. The van der Waals surface area contributed by atoms with Crippen molar-refractivity contribution < 1.29 is 17.6 Å². The third kappa shape index (κ3) is 5.54. The Morgan fingerprint density at radius 1 is 1.10 bits per heavy atom. The normalized spacial score (nSPS) is 22.3. The molecule has 2 aromatic rings. The second-order valence-corrected chi connectivity index (χ2v) is 11.7. The topological polar surface area (TPSA) is 66.5 Å². The Balaban J connectivity index is 1.51. The third-order valence-electron chi connectivity index (χ3n) is 6.35. The van der Waals surface area contributed by atoms with Crippen molar-refractivity contribution in [3.05, 3.63) is 58.0 Å². The largest absolute Gasteiger partial charge is 0.335 e. The van der Waals surface area contributed by atoms with Gasteiger partial charge in [-0.2, -0.15) is 0 Å². The Bertz CT molecular complexity index is 971. The van der Waals surface area contributed by atoms with Crippen LogP contribution in [0.5, 0.6) is 0 Å². The fourth-order valence-electron chi connectivity index (χ4n) is 4.83. The molecule has 1 aliphatic heterocycles. The van der Waals surface area contributed by atoms with Gasteiger partial charge in [0.05, 0.1) is 24.1 Å². The van der Waals surface area contributed by atoms with Gasteiger partial charge >= 0.3 is 0 Å². The predicted octanol–water partition coefficient (Wildman–Crippen LogP) is 3.91. The molecule has 0 bridgehead atoms. The minimum atomic E-state index is -3.07. The Kier molecular flexibility index (Phi) is 7.08. The molecule has 2 atom stereocenters. The number of thiophene rings is 1. The molecule has 1 N–H and O–H groups in total. The molecule has 4 rings (SSSR count). The van der Waals surface area contributed by atoms with E-state index in [0.717, 1.165) is 36.1 Å². The van der Waals surface area contributed by atoms with Crippen molar-refractivity contribution >= 4 is 27.1 Å². The third-order valence-corrected chi connectivity index (χ3v) is 9.03. The maximum absolute atomic E-state index is 13.4. The van der Waals surface area contributed by atoms with Gasteiger partial charge in [0.1, 0.15) is 5.82 Å². The van der Waals surface area contributed by atoms with Gasteiger partial charge in [-0.25, -0.2) is 12.8 Å². The summed E-state index contributed by atoms with van der Waals surface area (Å²) < 4.78 is 37.6. The van der Waals surface area contributed by atoms with Crippen molar-refractivity contribution in [3.8, 4) is 0 Å². The van der Waals surface area contributed by atoms with Crippen molar-refractivity contribution in [1.29, 1.82) is 0 Å². The van der Waals surface area contributed by atoms with Crippen LogP contribution >= 0.6 is 11.3 Å². The van der Waals surface area contributed by atoms with E-state index in [2.05, 4.69) is 5.32 Å². The lowest BCUT2D eigenvalue weighted by Crippen LogP contribution is -2.51. The zero-order valence-corrected chi connectivity index (χ0v) is 19.1. The lowest BCUT2D eigenvalue weighted by atomic mass is 9.92. The molecule has 8 heteroatoms. The van der Waals surface area contributed by atoms with Gasteiger partial charge in [0.2, 0.25) is 5.91 Å². The fourth-order valence-corrected chi connectivity index (χ4v) is 7.37. The van der Waals surface area contributed by atoms with Crippen LogP contribution in [0, 0.1) is 5.82 Å². The quantitative estimate of drug-likeness (QED) is 0.675. The lowest BCUT2D eigenvalue weighted by molar-refractivity contribution is -0.135. The molecule has 168 valence electrons. The summed E-state index contributed by atoms with van der Waals surface area (Å²) in [6.07, 6.45) is 5.73. The fraction of sp³-hybridized carbons (Fsp3) is 0.522. The van der Waals surface area contributed by atoms with Gasteiger partial charge in [-0.1, -0.05) is 37.5 Å². The van der Waals surface area contributed by atoms with E-state index < -0.39 is 9.84 Å². The number of hydrogen-bond acceptors (Lipinski definition) is 5. The summed E-state index contributed by atoms with van der Waals surface area (Å²) in [5.41, 5.74) is 0.893. The van der Waals surface area contributed by atoms with E-state index in [-0.39, 0.29) is 47.9 Å². The SMILES string of the molecule is O=C(CNC(c1ccc(F)cc1)c1cccs1)N(C1CCCCC1)C1CCS(=O)(=O)C1. The molecule has 1 amide bonds. The Labute approximate surface area is 187 Å². The van der Waals surface area contributed by atoms with Gasteiger partial charge < -0.3 is 4.90 Å². The maximum Gasteiger partial charge on any atom is 0.237 e. The van der Waals surface area contributed by atoms with Crippen molar-refractivity contribution in [2.24, 2.45) is 0 Å². The molecule has 2 heterocycles. The molecule has 1 aromatic carbocycles. The van der Waals surface area contributed by atoms with Crippen molar-refractivity contribution in [1.82, 2.24) is 10.2 Å². The number of benzene rings is 1. The first-order valence-corrected chi connectivity index (χ1v) is 13.7. The Hall–Kier alpha value is -1.77. The van der Waals surface area contributed by atoms with Gasteiger partial charge in [-0.15, -0.1) is 11.3 Å². The van der Waals surface area contributed by atoms with E-state index in [9.17, 15) is 17.6 Å². The van der Waals surface area contributed by atoms with Gasteiger partial charge in [-0.3, -0.25) is 10.1 Å². The van der Waals surface area contributed by atoms with Crippen molar-refractivity contribution in [2.75, 3.05) is 18.1 Å². The number of carbonyl (C=O) groups is 1. The van der Waals surface area contributed by atoms with Gasteiger partial charge in [0.15, 0.2) is 9.84 Å². The summed E-state index contributed by atoms with van der Waals surface area (Å²) in [5, 5.41) is 5.35. The van der Waals surface area contributed by atoms with E-state index in [1.807, 2.05) is 22.4 Å². The molecule has 5 nitrogen and oxygen atoms in total. The summed E-state index contributed by atoms with van der Waals surface area (Å²) in [5.74, 6) is -0.107. The summed E-state index contributed by atoms with van der Waals surface area (Å²) in [4.78, 5) is 16.3. The van der Waals surface area contributed by atoms with Gasteiger partial charge in [-0.05, 0) is 48.4 Å².